The van der Waals surface area contributed by atoms with Gasteiger partial charge in [-0.05, 0) is 73.0 Å². The molecule has 3 aromatic rings. The van der Waals surface area contributed by atoms with Gasteiger partial charge in [-0.1, -0.05) is 36.4 Å². The Morgan fingerprint density at radius 3 is 2.69 bits per heavy atom. The third kappa shape index (κ3) is 4.92. The molecule has 2 aromatic carbocycles. The summed E-state index contributed by atoms with van der Waals surface area (Å²) in [6.07, 6.45) is 4.90. The third-order valence-electron chi connectivity index (χ3n) is 6.17. The van der Waals surface area contributed by atoms with Crippen LogP contribution in [0.4, 0.5) is 4.39 Å². The number of nitrogens with zero attached hydrogens (tertiary/aromatic N) is 2. The van der Waals surface area contributed by atoms with Crippen LogP contribution < -0.4 is 10.0 Å². The molecule has 0 saturated carbocycles. The highest BCUT2D eigenvalue weighted by atomic mass is 32.2. The summed E-state index contributed by atoms with van der Waals surface area (Å²) in [7, 11) is -0.0600. The fourth-order valence-corrected chi connectivity index (χ4v) is 5.62. The number of benzene rings is 2. The molecule has 0 aliphatic heterocycles. The summed E-state index contributed by atoms with van der Waals surface area (Å²) in [5.74, 6) is 0.418. The minimum atomic E-state index is -3.71. The first-order valence-corrected chi connectivity index (χ1v) is 12.3. The van der Waals surface area contributed by atoms with Crippen LogP contribution in [-0.4, -0.2) is 38.1 Å². The number of rotatable bonds is 9. The van der Waals surface area contributed by atoms with E-state index in [1.807, 2.05) is 31.3 Å². The molecule has 1 aliphatic rings. The molecule has 6 nitrogen and oxygen atoms in total. The van der Waals surface area contributed by atoms with Gasteiger partial charge in [0.15, 0.2) is 5.03 Å². The van der Waals surface area contributed by atoms with E-state index in [9.17, 15) is 12.8 Å². The van der Waals surface area contributed by atoms with Crippen molar-refractivity contribution in [3.8, 4) is 0 Å². The summed E-state index contributed by atoms with van der Waals surface area (Å²) in [6, 6.07) is 14.0. The molecule has 4 rings (SSSR count). The van der Waals surface area contributed by atoms with Crippen LogP contribution in [0.15, 0.2) is 60.0 Å². The molecule has 32 heavy (non-hydrogen) atoms. The molecule has 2 N–H and O–H groups in total. The van der Waals surface area contributed by atoms with Crippen LogP contribution in [0, 0.1) is 11.7 Å². The second-order valence-electron chi connectivity index (χ2n) is 8.49. The number of imidazole rings is 1. The van der Waals surface area contributed by atoms with Crippen LogP contribution in [-0.2, 0) is 36.3 Å². The molecule has 8 heteroatoms. The lowest BCUT2D eigenvalue weighted by molar-refractivity contribution is 0.436. The Kier molecular flexibility index (Phi) is 6.74. The molecule has 0 bridgehead atoms. The van der Waals surface area contributed by atoms with Crippen LogP contribution in [0.5, 0.6) is 0 Å². The lowest BCUT2D eigenvalue weighted by atomic mass is 9.86. The van der Waals surface area contributed by atoms with Crippen molar-refractivity contribution in [3.63, 3.8) is 0 Å². The van der Waals surface area contributed by atoms with Gasteiger partial charge in [0.25, 0.3) is 10.0 Å². The lowest BCUT2D eigenvalue weighted by Gasteiger charge is -2.21. The molecular weight excluding hydrogens is 427 g/mol. The van der Waals surface area contributed by atoms with Crippen molar-refractivity contribution in [1.82, 2.24) is 19.6 Å². The summed E-state index contributed by atoms with van der Waals surface area (Å²) < 4.78 is 43.7. The zero-order valence-corrected chi connectivity index (χ0v) is 19.2. The van der Waals surface area contributed by atoms with E-state index in [2.05, 4.69) is 27.2 Å². The number of aromatic nitrogens is 2. The number of hydrogen-bond donors (Lipinski definition) is 2. The number of sulfonamides is 1. The molecule has 0 saturated heterocycles. The average Bonchev–Trinajstić information content (AvgIpc) is 3.34. The fraction of sp³-hybridized carbons (Fsp3) is 0.375. The maximum Gasteiger partial charge on any atom is 0.259 e. The molecule has 1 aromatic heterocycles. The van der Waals surface area contributed by atoms with Gasteiger partial charge >= 0.3 is 0 Å². The summed E-state index contributed by atoms with van der Waals surface area (Å²) in [6.45, 7) is 0.977. The zero-order chi connectivity index (χ0) is 22.7. The Labute approximate surface area is 188 Å². The van der Waals surface area contributed by atoms with Gasteiger partial charge in [0, 0.05) is 19.8 Å². The van der Waals surface area contributed by atoms with Crippen molar-refractivity contribution < 1.29 is 12.8 Å². The van der Waals surface area contributed by atoms with E-state index in [4.69, 9.17) is 0 Å². The van der Waals surface area contributed by atoms with Crippen molar-refractivity contribution in [2.75, 3.05) is 20.1 Å². The molecule has 2 unspecified atom stereocenters. The molecule has 2 atom stereocenters. The van der Waals surface area contributed by atoms with Crippen LogP contribution in [0.3, 0.4) is 0 Å². The highest BCUT2D eigenvalue weighted by Crippen LogP contribution is 2.41. The van der Waals surface area contributed by atoms with Gasteiger partial charge in [0.05, 0.1) is 6.33 Å². The van der Waals surface area contributed by atoms with E-state index in [0.29, 0.717) is 17.4 Å². The van der Waals surface area contributed by atoms with Gasteiger partial charge in [-0.15, -0.1) is 0 Å². The monoisotopic (exact) mass is 456 g/mol. The maximum absolute atomic E-state index is 14.8. The predicted molar refractivity (Wildman–Crippen MR) is 123 cm³/mol. The van der Waals surface area contributed by atoms with E-state index in [-0.39, 0.29) is 23.8 Å². The smallest absolute Gasteiger partial charge is 0.259 e. The van der Waals surface area contributed by atoms with Crippen molar-refractivity contribution in [1.29, 1.82) is 0 Å². The number of aryl methyl sites for hydroxylation is 1. The van der Waals surface area contributed by atoms with Crippen LogP contribution >= 0.6 is 0 Å². The van der Waals surface area contributed by atoms with Gasteiger partial charge in [0.2, 0.25) is 0 Å². The standard InChI is InChI=1S/C24H29FN4O2S/c1-26-14-20-11-19-13-23(25)18(8-9-28-32(30,31)24-15-29(2)16-27-24)12-22(19)21(20)10-17-6-4-3-5-7-17/h3-7,12-13,15-16,20-21,26,28H,8-11,14H2,1-2H3. The zero-order valence-electron chi connectivity index (χ0n) is 18.4. The topological polar surface area (TPSA) is 76.0 Å². The maximum atomic E-state index is 14.8. The first-order valence-electron chi connectivity index (χ1n) is 10.8. The van der Waals surface area contributed by atoms with Crippen LogP contribution in [0.1, 0.15) is 28.2 Å². The van der Waals surface area contributed by atoms with Gasteiger partial charge in [-0.3, -0.25) is 0 Å². The van der Waals surface area contributed by atoms with Gasteiger partial charge < -0.3 is 9.88 Å². The van der Waals surface area contributed by atoms with Gasteiger partial charge in [-0.2, -0.15) is 0 Å². The number of nitrogens with one attached hydrogen (secondary N) is 2. The summed E-state index contributed by atoms with van der Waals surface area (Å²) >= 11 is 0. The normalized spacial score (nSPS) is 18.1. The second-order valence-corrected chi connectivity index (χ2v) is 10.2. The molecule has 0 spiro atoms. The summed E-state index contributed by atoms with van der Waals surface area (Å²) in [5.41, 5.74) is 4.04. The van der Waals surface area contributed by atoms with Gasteiger partial charge in [-0.25, -0.2) is 22.5 Å². The Bertz CT molecular complexity index is 1180. The number of hydrogen-bond acceptors (Lipinski definition) is 4. The van der Waals surface area contributed by atoms with Crippen LogP contribution in [0.2, 0.25) is 0 Å². The number of halogens is 1. The minimum Gasteiger partial charge on any atom is -0.339 e. The van der Waals surface area contributed by atoms with Crippen molar-refractivity contribution in [2.45, 2.75) is 30.2 Å². The summed E-state index contributed by atoms with van der Waals surface area (Å²) in [5, 5.41) is 3.24. The minimum absolute atomic E-state index is 0.0349. The van der Waals surface area contributed by atoms with Crippen molar-refractivity contribution in [2.24, 2.45) is 13.0 Å². The second kappa shape index (κ2) is 9.52. The molecular formula is C24H29FN4O2S. The van der Waals surface area contributed by atoms with Crippen molar-refractivity contribution >= 4 is 10.0 Å². The van der Waals surface area contributed by atoms with E-state index in [0.717, 1.165) is 24.9 Å². The van der Waals surface area contributed by atoms with Crippen molar-refractivity contribution in [3.05, 3.63) is 83.1 Å². The molecule has 1 heterocycles. The number of fused-ring (bicyclic) bond motifs is 1. The fourth-order valence-electron chi connectivity index (χ4n) is 4.61. The average molecular weight is 457 g/mol. The van der Waals surface area contributed by atoms with E-state index >= 15 is 0 Å². The third-order valence-corrected chi connectivity index (χ3v) is 7.51. The Morgan fingerprint density at radius 1 is 1.22 bits per heavy atom. The first-order chi connectivity index (χ1) is 15.4. The predicted octanol–water partition coefficient (Wildman–Crippen LogP) is 2.80. The lowest BCUT2D eigenvalue weighted by Crippen LogP contribution is -2.26. The summed E-state index contributed by atoms with van der Waals surface area (Å²) in [4.78, 5) is 3.89. The molecule has 0 amide bonds. The molecule has 170 valence electrons. The first kappa shape index (κ1) is 22.6. The highest BCUT2D eigenvalue weighted by Gasteiger charge is 2.33. The van der Waals surface area contributed by atoms with E-state index in [1.165, 1.54) is 23.7 Å². The molecule has 1 aliphatic carbocycles. The molecule has 0 radical (unpaired) electrons. The Balaban J connectivity index is 1.52. The Morgan fingerprint density at radius 2 is 2.00 bits per heavy atom. The van der Waals surface area contributed by atoms with Gasteiger partial charge in [0.1, 0.15) is 5.82 Å². The SMILES string of the molecule is CNCC1Cc2cc(F)c(CCNS(=O)(=O)c3cn(C)cn3)cc2C1Cc1ccccc1. The largest absolute Gasteiger partial charge is 0.339 e. The molecule has 0 fully saturated rings. The van der Waals surface area contributed by atoms with E-state index < -0.39 is 10.0 Å². The van der Waals surface area contributed by atoms with E-state index in [1.54, 1.807) is 17.7 Å². The Hall–Kier alpha value is -2.55. The quantitative estimate of drug-likeness (QED) is 0.519. The highest BCUT2D eigenvalue weighted by molar-refractivity contribution is 7.89. The van der Waals surface area contributed by atoms with Crippen LogP contribution in [0.25, 0.3) is 0 Å².